The van der Waals surface area contributed by atoms with Crippen molar-refractivity contribution in [1.82, 2.24) is 4.90 Å². The predicted octanol–water partition coefficient (Wildman–Crippen LogP) is 5.14. The molecule has 1 saturated heterocycles. The van der Waals surface area contributed by atoms with Crippen molar-refractivity contribution in [3.05, 3.63) is 57.6 Å². The first kappa shape index (κ1) is 23.6. The molecule has 2 heterocycles. The zero-order valence-corrected chi connectivity index (χ0v) is 19.7. The predicted molar refractivity (Wildman–Crippen MR) is 126 cm³/mol. The summed E-state index contributed by atoms with van der Waals surface area (Å²) < 4.78 is 5.12. The van der Waals surface area contributed by atoms with Gasteiger partial charge in [-0.3, -0.25) is 9.59 Å². The summed E-state index contributed by atoms with van der Waals surface area (Å²) in [5.41, 5.74) is 3.35. The van der Waals surface area contributed by atoms with E-state index in [1.807, 2.05) is 18.2 Å². The van der Waals surface area contributed by atoms with Crippen LogP contribution in [-0.4, -0.2) is 43.1 Å². The third kappa shape index (κ3) is 5.35. The topological polar surface area (TPSA) is 65.1 Å². The van der Waals surface area contributed by atoms with Crippen molar-refractivity contribution in [3.63, 3.8) is 0 Å². The summed E-state index contributed by atoms with van der Waals surface area (Å²) in [6, 6.07) is 10.5. The van der Waals surface area contributed by atoms with Crippen LogP contribution in [-0.2, 0) is 25.6 Å². The second-order valence-corrected chi connectivity index (χ2v) is 8.69. The van der Waals surface area contributed by atoms with Gasteiger partial charge in [0.25, 0.3) is 0 Å². The third-order valence-corrected chi connectivity index (χ3v) is 6.57. The van der Waals surface area contributed by atoms with Gasteiger partial charge in [0, 0.05) is 42.8 Å². The van der Waals surface area contributed by atoms with Crippen LogP contribution in [0.4, 0.5) is 0 Å². The Bertz CT molecular complexity index is 1080. The number of halogens is 2. The van der Waals surface area contributed by atoms with E-state index in [1.165, 1.54) is 6.08 Å². The van der Waals surface area contributed by atoms with Crippen molar-refractivity contribution in [2.24, 2.45) is 5.92 Å². The number of amides is 1. The van der Waals surface area contributed by atoms with Crippen molar-refractivity contribution >= 4 is 41.2 Å². The van der Waals surface area contributed by atoms with Gasteiger partial charge in [-0.2, -0.15) is 4.89 Å². The second-order valence-electron chi connectivity index (χ2n) is 7.93. The summed E-state index contributed by atoms with van der Waals surface area (Å²) in [7, 11) is 0. The molecule has 0 saturated carbocycles. The number of rotatable bonds is 5. The first-order chi connectivity index (χ1) is 16.0. The fourth-order valence-corrected chi connectivity index (χ4v) is 4.46. The number of fused-ring (bicyclic) bond motifs is 1. The van der Waals surface area contributed by atoms with E-state index in [4.69, 9.17) is 37.7 Å². The molecule has 0 spiro atoms. The lowest BCUT2D eigenvalue weighted by Gasteiger charge is -2.30. The maximum absolute atomic E-state index is 12.9. The Kier molecular flexibility index (Phi) is 7.58. The van der Waals surface area contributed by atoms with Gasteiger partial charge in [0.05, 0.1) is 29.2 Å². The van der Waals surface area contributed by atoms with Crippen LogP contribution in [0.15, 0.2) is 30.3 Å². The molecule has 6 nitrogen and oxygen atoms in total. The quantitative estimate of drug-likeness (QED) is 0.331. The van der Waals surface area contributed by atoms with Crippen LogP contribution in [0.2, 0.25) is 10.0 Å². The molecule has 1 unspecified atom stereocenters. The van der Waals surface area contributed by atoms with E-state index in [-0.39, 0.29) is 22.8 Å². The van der Waals surface area contributed by atoms with Crippen molar-refractivity contribution < 1.29 is 24.1 Å². The summed E-state index contributed by atoms with van der Waals surface area (Å²) >= 11 is 12.7. The molecule has 2 aliphatic rings. The maximum atomic E-state index is 12.9. The Labute approximate surface area is 202 Å². The molecule has 1 radical (unpaired) electrons. The highest BCUT2D eigenvalue weighted by Crippen LogP contribution is 2.37. The zero-order valence-electron chi connectivity index (χ0n) is 18.2. The molecule has 4 rings (SSSR count). The molecule has 173 valence electrons. The Balaban J connectivity index is 1.58. The first-order valence-electron chi connectivity index (χ1n) is 10.9. The molecule has 1 amide bonds. The normalized spacial score (nSPS) is 18.0. The van der Waals surface area contributed by atoms with Crippen LogP contribution in [0.25, 0.3) is 17.2 Å². The Morgan fingerprint density at radius 1 is 1.33 bits per heavy atom. The molecule has 2 aliphatic heterocycles. The smallest absolute Gasteiger partial charge is 0.310 e. The number of benzene rings is 2. The minimum Gasteiger partial charge on any atom is -0.466 e. The highest BCUT2D eigenvalue weighted by atomic mass is 35.5. The number of piperidine rings is 1. The van der Waals surface area contributed by atoms with Crippen molar-refractivity contribution in [2.75, 3.05) is 26.3 Å². The van der Waals surface area contributed by atoms with Gasteiger partial charge in [-0.25, -0.2) is 0 Å². The SMILES string of the molecule is CCOC(=O)C1CCCN(C(=O)/C=C/c2c(-c3ccc4c(c3)CCOO4)c[c]c(Cl)c2Cl)C1. The zero-order chi connectivity index (χ0) is 23.4. The number of ether oxygens (including phenoxy) is 1. The molecular weight excluding hydrogens is 465 g/mol. The highest BCUT2D eigenvalue weighted by molar-refractivity contribution is 6.43. The Morgan fingerprint density at radius 2 is 2.18 bits per heavy atom. The van der Waals surface area contributed by atoms with E-state index >= 15 is 0 Å². The standard InChI is InChI=1S/C25H24Cl2NO5/c1-2-31-25(30)18-4-3-12-28(15-18)23(29)10-7-20-19(6-8-21(26)24(20)27)16-5-9-22-17(14-16)11-13-32-33-22/h5-7,9-10,14,18H,2-4,11-13,15H2,1H3/b10-7+. The molecule has 0 N–H and O–H groups in total. The van der Waals surface area contributed by atoms with E-state index in [2.05, 4.69) is 6.07 Å². The van der Waals surface area contributed by atoms with Crippen molar-refractivity contribution in [3.8, 4) is 16.9 Å². The van der Waals surface area contributed by atoms with Crippen LogP contribution in [0.5, 0.6) is 5.75 Å². The lowest BCUT2D eigenvalue weighted by molar-refractivity contribution is -0.215. The third-order valence-electron chi connectivity index (χ3n) is 5.78. The molecule has 8 heteroatoms. The average molecular weight is 489 g/mol. The van der Waals surface area contributed by atoms with Crippen LogP contribution in [0, 0.1) is 12.0 Å². The van der Waals surface area contributed by atoms with Gasteiger partial charge in [-0.1, -0.05) is 29.3 Å². The number of carbonyl (C=O) groups excluding carboxylic acids is 2. The van der Waals surface area contributed by atoms with Crippen molar-refractivity contribution in [2.45, 2.75) is 26.2 Å². The minimum absolute atomic E-state index is 0.189. The number of carbonyl (C=O) groups is 2. The lowest BCUT2D eigenvalue weighted by atomic mass is 9.96. The number of esters is 1. The molecule has 1 fully saturated rings. The van der Waals surface area contributed by atoms with Crippen LogP contribution in [0.1, 0.15) is 30.9 Å². The lowest BCUT2D eigenvalue weighted by Crippen LogP contribution is -2.42. The molecule has 0 bridgehead atoms. The molecule has 33 heavy (non-hydrogen) atoms. The van der Waals surface area contributed by atoms with Gasteiger partial charge in [0.15, 0.2) is 5.75 Å². The van der Waals surface area contributed by atoms with E-state index in [0.29, 0.717) is 42.6 Å². The molecular formula is C25H24Cl2NO5. The number of likely N-dealkylation sites (tertiary alicyclic amines) is 1. The molecule has 1 atom stereocenters. The van der Waals surface area contributed by atoms with Gasteiger partial charge in [0.2, 0.25) is 5.91 Å². The van der Waals surface area contributed by atoms with Gasteiger partial charge < -0.3 is 14.5 Å². The summed E-state index contributed by atoms with van der Waals surface area (Å²) in [6.07, 6.45) is 5.35. The summed E-state index contributed by atoms with van der Waals surface area (Å²) in [6.45, 7) is 3.53. The summed E-state index contributed by atoms with van der Waals surface area (Å²) in [5.74, 6) is -0.0531. The Hall–Kier alpha value is -2.54. The molecule has 2 aromatic rings. The molecule has 0 aliphatic carbocycles. The highest BCUT2D eigenvalue weighted by Gasteiger charge is 2.28. The van der Waals surface area contributed by atoms with Crippen LogP contribution < -0.4 is 4.89 Å². The summed E-state index contributed by atoms with van der Waals surface area (Å²) in [5, 5.41) is 0.598. The number of hydrogen-bond acceptors (Lipinski definition) is 5. The van der Waals surface area contributed by atoms with E-state index < -0.39 is 0 Å². The van der Waals surface area contributed by atoms with Gasteiger partial charge >= 0.3 is 5.97 Å². The van der Waals surface area contributed by atoms with Gasteiger partial charge in [-0.15, -0.1) is 0 Å². The minimum atomic E-state index is -0.294. The fourth-order valence-electron chi connectivity index (χ4n) is 4.09. The number of hydrogen-bond donors (Lipinski definition) is 0. The van der Waals surface area contributed by atoms with Crippen molar-refractivity contribution in [1.29, 1.82) is 0 Å². The average Bonchev–Trinajstić information content (AvgIpc) is 2.84. The molecule has 0 aromatic heterocycles. The monoisotopic (exact) mass is 488 g/mol. The Morgan fingerprint density at radius 3 is 3.00 bits per heavy atom. The van der Waals surface area contributed by atoms with Crippen LogP contribution in [0.3, 0.4) is 0 Å². The second kappa shape index (κ2) is 10.6. The molecule has 2 aromatic carbocycles. The van der Waals surface area contributed by atoms with Crippen LogP contribution >= 0.6 is 23.2 Å². The maximum Gasteiger partial charge on any atom is 0.310 e. The summed E-state index contributed by atoms with van der Waals surface area (Å²) in [4.78, 5) is 36.9. The van der Waals surface area contributed by atoms with Gasteiger partial charge in [0.1, 0.15) is 0 Å². The fraction of sp³-hybridized carbons (Fsp3) is 0.360. The largest absolute Gasteiger partial charge is 0.466 e. The van der Waals surface area contributed by atoms with E-state index in [9.17, 15) is 9.59 Å². The van der Waals surface area contributed by atoms with E-state index in [0.717, 1.165) is 36.0 Å². The van der Waals surface area contributed by atoms with E-state index in [1.54, 1.807) is 24.0 Å². The first-order valence-corrected chi connectivity index (χ1v) is 11.7. The number of nitrogens with zero attached hydrogens (tertiary/aromatic N) is 1. The van der Waals surface area contributed by atoms with Gasteiger partial charge in [-0.05, 0) is 55.2 Å².